The maximum absolute atomic E-state index is 11.9. The van der Waals surface area contributed by atoms with Crippen molar-refractivity contribution in [1.29, 1.82) is 0 Å². The molecule has 8 heteroatoms. The highest BCUT2D eigenvalue weighted by Crippen LogP contribution is 2.35. The molecule has 1 N–H and O–H groups in total. The summed E-state index contributed by atoms with van der Waals surface area (Å²) in [5.41, 5.74) is 1.74. The minimum atomic E-state index is -0.476. The minimum absolute atomic E-state index is 0.164. The van der Waals surface area contributed by atoms with E-state index in [1.807, 2.05) is 24.3 Å². The van der Waals surface area contributed by atoms with Crippen LogP contribution in [-0.2, 0) is 11.4 Å². The number of urea groups is 1. The number of imide groups is 1. The number of amides is 3. The van der Waals surface area contributed by atoms with Gasteiger partial charge in [-0.3, -0.25) is 9.69 Å². The molecule has 1 fully saturated rings. The zero-order chi connectivity index (χ0) is 18.8. The van der Waals surface area contributed by atoms with Crippen LogP contribution < -0.4 is 10.1 Å². The zero-order valence-corrected chi connectivity index (χ0v) is 17.2. The average Bonchev–Trinajstić information content (AvgIpc) is 2.83. The monoisotopic (exact) mass is 502 g/mol. The number of ether oxygens (including phenoxy) is 1. The van der Waals surface area contributed by atoms with E-state index in [2.05, 4.69) is 27.9 Å². The molecule has 0 saturated carbocycles. The Hall–Kier alpha value is -1.77. The Labute approximate surface area is 174 Å². The van der Waals surface area contributed by atoms with Crippen LogP contribution in [0.1, 0.15) is 11.1 Å². The van der Waals surface area contributed by atoms with E-state index < -0.39 is 11.9 Å². The lowest BCUT2D eigenvalue weighted by molar-refractivity contribution is -0.121. The van der Waals surface area contributed by atoms with Gasteiger partial charge in [0.05, 0.1) is 10.0 Å². The molecule has 0 atom stereocenters. The van der Waals surface area contributed by atoms with Crippen molar-refractivity contribution in [2.45, 2.75) is 6.61 Å². The normalized spacial score (nSPS) is 15.5. The van der Waals surface area contributed by atoms with Gasteiger partial charge in [-0.2, -0.15) is 0 Å². The molecular formula is C18H13Cl2IN2O3. The molecule has 5 nitrogen and oxygen atoms in total. The fourth-order valence-electron chi connectivity index (χ4n) is 2.33. The molecule has 1 heterocycles. The highest BCUT2D eigenvalue weighted by Gasteiger charge is 2.30. The van der Waals surface area contributed by atoms with Gasteiger partial charge in [0.1, 0.15) is 12.3 Å². The summed E-state index contributed by atoms with van der Waals surface area (Å²) in [6.07, 6.45) is 1.52. The molecule has 3 amide bonds. The Morgan fingerprint density at radius 3 is 2.31 bits per heavy atom. The van der Waals surface area contributed by atoms with Crippen LogP contribution in [0.4, 0.5) is 4.79 Å². The number of benzene rings is 2. The van der Waals surface area contributed by atoms with Crippen LogP contribution >= 0.6 is 45.8 Å². The number of carbonyl (C=O) groups excluding carboxylic acids is 2. The van der Waals surface area contributed by atoms with Gasteiger partial charge in [0.15, 0.2) is 5.75 Å². The minimum Gasteiger partial charge on any atom is -0.486 e. The van der Waals surface area contributed by atoms with Crippen molar-refractivity contribution in [2.75, 3.05) is 7.05 Å². The van der Waals surface area contributed by atoms with Gasteiger partial charge in [0.25, 0.3) is 5.91 Å². The Kier molecular flexibility index (Phi) is 5.74. The molecule has 0 spiro atoms. The van der Waals surface area contributed by atoms with Crippen LogP contribution in [-0.4, -0.2) is 23.9 Å². The largest absolute Gasteiger partial charge is 0.486 e. The molecule has 1 aliphatic heterocycles. The second-order valence-electron chi connectivity index (χ2n) is 5.58. The summed E-state index contributed by atoms with van der Waals surface area (Å²) in [5.74, 6) is -0.0470. The molecule has 1 saturated heterocycles. The molecule has 2 aromatic rings. The first-order valence-electron chi connectivity index (χ1n) is 7.52. The van der Waals surface area contributed by atoms with Crippen LogP contribution in [0.25, 0.3) is 6.08 Å². The van der Waals surface area contributed by atoms with Crippen molar-refractivity contribution in [3.05, 3.63) is 66.8 Å². The van der Waals surface area contributed by atoms with Gasteiger partial charge >= 0.3 is 6.03 Å². The summed E-state index contributed by atoms with van der Waals surface area (Å²) in [6, 6.07) is 10.7. The van der Waals surface area contributed by atoms with Crippen LogP contribution in [0.5, 0.6) is 5.75 Å². The van der Waals surface area contributed by atoms with Crippen molar-refractivity contribution in [3.63, 3.8) is 0 Å². The SMILES string of the molecule is CN1C(=O)N/C(=C/c2cc(Cl)c(OCc3ccc(I)cc3)c(Cl)c2)C1=O. The van der Waals surface area contributed by atoms with Crippen molar-refractivity contribution < 1.29 is 14.3 Å². The summed E-state index contributed by atoms with van der Waals surface area (Å²) in [4.78, 5) is 24.4. The number of nitrogens with one attached hydrogen (secondary N) is 1. The van der Waals surface area contributed by atoms with E-state index in [1.165, 1.54) is 13.1 Å². The summed E-state index contributed by atoms with van der Waals surface area (Å²) in [5, 5.41) is 3.13. The van der Waals surface area contributed by atoms with Crippen molar-refractivity contribution in [3.8, 4) is 5.75 Å². The molecule has 0 radical (unpaired) electrons. The second kappa shape index (κ2) is 7.85. The smallest absolute Gasteiger partial charge is 0.328 e. The van der Waals surface area contributed by atoms with E-state index in [-0.39, 0.29) is 5.70 Å². The van der Waals surface area contributed by atoms with Gasteiger partial charge in [-0.25, -0.2) is 4.79 Å². The number of halogens is 3. The van der Waals surface area contributed by atoms with Crippen molar-refractivity contribution >= 4 is 63.8 Å². The number of hydrogen-bond acceptors (Lipinski definition) is 3. The lowest BCUT2D eigenvalue weighted by Gasteiger charge is -2.11. The van der Waals surface area contributed by atoms with E-state index >= 15 is 0 Å². The first-order valence-corrected chi connectivity index (χ1v) is 9.35. The average molecular weight is 503 g/mol. The first-order chi connectivity index (χ1) is 12.3. The Bertz CT molecular complexity index is 890. The molecule has 1 aliphatic rings. The molecule has 0 unspecified atom stereocenters. The Morgan fingerprint density at radius 1 is 1.15 bits per heavy atom. The number of hydrogen-bond donors (Lipinski definition) is 1. The predicted molar refractivity (Wildman–Crippen MR) is 109 cm³/mol. The van der Waals surface area contributed by atoms with Gasteiger partial charge in [0.2, 0.25) is 0 Å². The van der Waals surface area contributed by atoms with Crippen LogP contribution in [0, 0.1) is 3.57 Å². The Morgan fingerprint density at radius 2 is 1.77 bits per heavy atom. The molecule has 0 aliphatic carbocycles. The lowest BCUT2D eigenvalue weighted by atomic mass is 10.1. The third kappa shape index (κ3) is 4.13. The summed E-state index contributed by atoms with van der Waals surface area (Å²) in [6.45, 7) is 0.329. The fraction of sp³-hybridized carbons (Fsp3) is 0.111. The maximum Gasteiger partial charge on any atom is 0.328 e. The number of carbonyl (C=O) groups is 2. The highest BCUT2D eigenvalue weighted by atomic mass is 127. The quantitative estimate of drug-likeness (QED) is 0.374. The van der Waals surface area contributed by atoms with E-state index in [0.29, 0.717) is 28.0 Å². The molecule has 134 valence electrons. The van der Waals surface area contributed by atoms with Crippen molar-refractivity contribution in [1.82, 2.24) is 10.2 Å². The number of rotatable bonds is 4. The van der Waals surface area contributed by atoms with Gasteiger partial charge in [-0.05, 0) is 64.1 Å². The van der Waals surface area contributed by atoms with Gasteiger partial charge in [0, 0.05) is 10.6 Å². The van der Waals surface area contributed by atoms with E-state index in [4.69, 9.17) is 27.9 Å². The third-order valence-corrected chi connectivity index (χ3v) is 4.99. The fourth-order valence-corrected chi connectivity index (χ4v) is 3.30. The van der Waals surface area contributed by atoms with Crippen LogP contribution in [0.15, 0.2) is 42.1 Å². The Balaban J connectivity index is 1.79. The number of likely N-dealkylation sites (N-methyl/N-ethyl adjacent to an activating group) is 1. The first kappa shape index (κ1) is 19.0. The predicted octanol–water partition coefficient (Wildman–Crippen LogP) is 4.70. The van der Waals surface area contributed by atoms with Crippen LogP contribution in [0.2, 0.25) is 10.0 Å². The van der Waals surface area contributed by atoms with Gasteiger partial charge < -0.3 is 10.1 Å². The number of nitrogens with zero attached hydrogens (tertiary/aromatic N) is 1. The molecule has 2 aromatic carbocycles. The van der Waals surface area contributed by atoms with Crippen LogP contribution in [0.3, 0.4) is 0 Å². The highest BCUT2D eigenvalue weighted by molar-refractivity contribution is 14.1. The molecule has 26 heavy (non-hydrogen) atoms. The molecule has 3 rings (SSSR count). The standard InChI is InChI=1S/C18H13Cl2IN2O3/c1-23-17(24)15(22-18(23)25)8-11-6-13(19)16(14(20)7-11)26-9-10-2-4-12(21)5-3-10/h2-8H,9H2,1H3,(H,22,25)/b15-8+. The zero-order valence-electron chi connectivity index (χ0n) is 13.6. The van der Waals surface area contributed by atoms with E-state index in [0.717, 1.165) is 14.0 Å². The second-order valence-corrected chi connectivity index (χ2v) is 7.64. The third-order valence-electron chi connectivity index (χ3n) is 3.71. The topological polar surface area (TPSA) is 58.6 Å². The molecule has 0 bridgehead atoms. The van der Waals surface area contributed by atoms with E-state index in [9.17, 15) is 9.59 Å². The lowest BCUT2D eigenvalue weighted by Crippen LogP contribution is -2.25. The maximum atomic E-state index is 11.9. The van der Waals surface area contributed by atoms with E-state index in [1.54, 1.807) is 12.1 Å². The van der Waals surface area contributed by atoms with Gasteiger partial charge in [-0.15, -0.1) is 0 Å². The summed E-state index contributed by atoms with van der Waals surface area (Å²) < 4.78 is 6.88. The summed E-state index contributed by atoms with van der Waals surface area (Å²) in [7, 11) is 1.40. The molecule has 0 aromatic heterocycles. The van der Waals surface area contributed by atoms with Gasteiger partial charge in [-0.1, -0.05) is 35.3 Å². The van der Waals surface area contributed by atoms with Crippen molar-refractivity contribution in [2.24, 2.45) is 0 Å². The summed E-state index contributed by atoms with van der Waals surface area (Å²) >= 11 is 14.8. The molecular weight excluding hydrogens is 490 g/mol.